The Kier molecular flexibility index (Phi) is 4.16. The highest BCUT2D eigenvalue weighted by molar-refractivity contribution is 4.90. The highest BCUT2D eigenvalue weighted by Gasteiger charge is 2.36. The minimum absolute atomic E-state index is 0.109. The normalized spacial score (nSPS) is 26.2. The quantitative estimate of drug-likeness (QED) is 0.670. The Labute approximate surface area is 108 Å². The summed E-state index contributed by atoms with van der Waals surface area (Å²) in [4.78, 5) is 24.8. The van der Waals surface area contributed by atoms with Gasteiger partial charge >= 0.3 is 5.69 Å². The van der Waals surface area contributed by atoms with Gasteiger partial charge in [0.05, 0.1) is 12.7 Å². The summed E-state index contributed by atoms with van der Waals surface area (Å²) in [7, 11) is 0. The van der Waals surface area contributed by atoms with Crippen LogP contribution >= 0.6 is 0 Å². The van der Waals surface area contributed by atoms with E-state index in [9.17, 15) is 14.7 Å². The fourth-order valence-corrected chi connectivity index (χ4v) is 2.02. The Morgan fingerprint density at radius 3 is 3.05 bits per heavy atom. The molecule has 2 rings (SSSR count). The third kappa shape index (κ3) is 2.93. The molecule has 0 bridgehead atoms. The minimum atomic E-state index is -0.593. The van der Waals surface area contributed by atoms with Crippen molar-refractivity contribution in [3.05, 3.63) is 33.1 Å². The molecule has 0 aromatic carbocycles. The van der Waals surface area contributed by atoms with Crippen molar-refractivity contribution in [2.24, 2.45) is 0 Å². The molecule has 1 aliphatic heterocycles. The van der Waals surface area contributed by atoms with Gasteiger partial charge in [0.2, 0.25) is 0 Å². The van der Waals surface area contributed by atoms with Gasteiger partial charge in [0.1, 0.15) is 18.9 Å². The number of H-pyrrole nitrogens is 1. The number of hydrogen-bond donors (Lipinski definition) is 2. The molecule has 102 valence electrons. The summed E-state index contributed by atoms with van der Waals surface area (Å²) in [6, 6.07) is 1.23. The maximum atomic E-state index is 11.6. The number of aliphatic hydroxyl groups is 1. The van der Waals surface area contributed by atoms with Gasteiger partial charge in [-0.25, -0.2) is 4.79 Å². The maximum absolute atomic E-state index is 11.6. The predicted molar refractivity (Wildman–Crippen MR) is 65.5 cm³/mol. The molecule has 1 aliphatic rings. The second-order valence-corrected chi connectivity index (χ2v) is 4.12. The van der Waals surface area contributed by atoms with Gasteiger partial charge in [-0.3, -0.25) is 14.3 Å². The van der Waals surface area contributed by atoms with E-state index in [4.69, 9.17) is 15.9 Å². The van der Waals surface area contributed by atoms with Crippen molar-refractivity contribution in [1.82, 2.24) is 9.55 Å². The summed E-state index contributed by atoms with van der Waals surface area (Å²) >= 11 is 0. The average Bonchev–Trinajstić information content (AvgIpc) is 2.79. The van der Waals surface area contributed by atoms with Crippen molar-refractivity contribution in [3.8, 4) is 12.3 Å². The Morgan fingerprint density at radius 2 is 2.42 bits per heavy atom. The SMILES string of the molecule is C#CCOC1C[C@H](n2ccc(=O)[nH]c2=O)O[C@@H]1CO. The van der Waals surface area contributed by atoms with E-state index in [2.05, 4.69) is 10.9 Å². The number of aromatic amines is 1. The molecule has 7 nitrogen and oxygen atoms in total. The minimum Gasteiger partial charge on any atom is -0.394 e. The van der Waals surface area contributed by atoms with Gasteiger partial charge in [-0.1, -0.05) is 5.92 Å². The zero-order valence-electron chi connectivity index (χ0n) is 10.1. The van der Waals surface area contributed by atoms with Crippen LogP contribution < -0.4 is 11.2 Å². The number of rotatable bonds is 4. The predicted octanol–water partition coefficient (Wildman–Crippen LogP) is -1.17. The zero-order valence-corrected chi connectivity index (χ0v) is 10.1. The Balaban J connectivity index is 2.17. The van der Waals surface area contributed by atoms with Gasteiger partial charge in [-0.2, -0.15) is 0 Å². The van der Waals surface area contributed by atoms with E-state index in [1.165, 1.54) is 16.8 Å². The van der Waals surface area contributed by atoms with Crippen molar-refractivity contribution >= 4 is 0 Å². The molecule has 0 spiro atoms. The smallest absolute Gasteiger partial charge is 0.330 e. The van der Waals surface area contributed by atoms with Crippen LogP contribution in [0.4, 0.5) is 0 Å². The van der Waals surface area contributed by atoms with Crippen molar-refractivity contribution in [2.75, 3.05) is 13.2 Å². The molecule has 2 N–H and O–H groups in total. The molecule has 0 amide bonds. The number of nitrogens with one attached hydrogen (secondary N) is 1. The summed E-state index contributed by atoms with van der Waals surface area (Å²) < 4.78 is 12.1. The van der Waals surface area contributed by atoms with E-state index in [0.717, 1.165) is 0 Å². The van der Waals surface area contributed by atoms with E-state index in [-0.39, 0.29) is 19.3 Å². The zero-order chi connectivity index (χ0) is 13.8. The van der Waals surface area contributed by atoms with Crippen LogP contribution in [0.15, 0.2) is 21.9 Å². The standard InChI is InChI=1S/C12H14N2O5/c1-2-5-18-8-6-11(19-9(8)7-15)14-4-3-10(16)13-12(14)17/h1,3-4,8-9,11,15H,5-7H2,(H,13,16,17)/t8?,9-,11-/m1/s1. The summed E-state index contributed by atoms with van der Waals surface area (Å²) in [6.07, 6.45) is 5.31. The fraction of sp³-hybridized carbons (Fsp3) is 0.500. The van der Waals surface area contributed by atoms with Crippen molar-refractivity contribution in [1.29, 1.82) is 0 Å². The van der Waals surface area contributed by atoms with Gasteiger partial charge in [-0.05, 0) is 0 Å². The van der Waals surface area contributed by atoms with Gasteiger partial charge in [0, 0.05) is 18.7 Å². The number of ether oxygens (including phenoxy) is 2. The number of nitrogens with zero attached hydrogens (tertiary/aromatic N) is 1. The number of hydrogen-bond acceptors (Lipinski definition) is 5. The first-order valence-corrected chi connectivity index (χ1v) is 5.78. The van der Waals surface area contributed by atoms with Crippen LogP contribution in [0.1, 0.15) is 12.6 Å². The average molecular weight is 266 g/mol. The van der Waals surface area contributed by atoms with Gasteiger partial charge in [0.15, 0.2) is 0 Å². The molecule has 1 aromatic rings. The lowest BCUT2D eigenvalue weighted by Crippen LogP contribution is -2.31. The van der Waals surface area contributed by atoms with Gasteiger partial charge in [0.25, 0.3) is 5.56 Å². The lowest BCUT2D eigenvalue weighted by atomic mass is 10.2. The second kappa shape index (κ2) is 5.84. The summed E-state index contributed by atoms with van der Waals surface area (Å²) in [5.41, 5.74) is -1.04. The summed E-state index contributed by atoms with van der Waals surface area (Å²) in [6.45, 7) is -0.123. The highest BCUT2D eigenvalue weighted by atomic mass is 16.6. The van der Waals surface area contributed by atoms with Crippen molar-refractivity contribution in [3.63, 3.8) is 0 Å². The molecule has 0 aliphatic carbocycles. The molecule has 3 atom stereocenters. The van der Waals surface area contributed by atoms with E-state index in [1.807, 2.05) is 0 Å². The Hall–Kier alpha value is -1.88. The third-order valence-corrected chi connectivity index (χ3v) is 2.90. The van der Waals surface area contributed by atoms with Crippen LogP contribution in [0, 0.1) is 12.3 Å². The first kappa shape index (κ1) is 13.5. The number of terminal acetylenes is 1. The number of aromatic nitrogens is 2. The highest BCUT2D eigenvalue weighted by Crippen LogP contribution is 2.29. The molecular weight excluding hydrogens is 252 g/mol. The first-order chi connectivity index (χ1) is 9.15. The number of aliphatic hydroxyl groups excluding tert-OH is 1. The molecule has 1 unspecified atom stereocenters. The Bertz CT molecular complexity index is 585. The third-order valence-electron chi connectivity index (χ3n) is 2.90. The van der Waals surface area contributed by atoms with Crippen LogP contribution in [-0.4, -0.2) is 40.1 Å². The Morgan fingerprint density at radius 1 is 1.63 bits per heavy atom. The largest absolute Gasteiger partial charge is 0.394 e. The fourth-order valence-electron chi connectivity index (χ4n) is 2.02. The van der Waals surface area contributed by atoms with Gasteiger partial charge < -0.3 is 14.6 Å². The van der Waals surface area contributed by atoms with Crippen LogP contribution in [0.2, 0.25) is 0 Å². The topological polar surface area (TPSA) is 93.6 Å². The van der Waals surface area contributed by atoms with Crippen LogP contribution in [0.25, 0.3) is 0 Å². The van der Waals surface area contributed by atoms with Crippen molar-refractivity contribution < 1.29 is 14.6 Å². The molecule has 0 saturated carbocycles. The monoisotopic (exact) mass is 266 g/mol. The molecule has 1 saturated heterocycles. The van der Waals surface area contributed by atoms with E-state index < -0.39 is 23.6 Å². The second-order valence-electron chi connectivity index (χ2n) is 4.12. The molecule has 1 aromatic heterocycles. The first-order valence-electron chi connectivity index (χ1n) is 5.78. The lowest BCUT2D eigenvalue weighted by Gasteiger charge is -2.15. The molecule has 7 heteroatoms. The maximum Gasteiger partial charge on any atom is 0.330 e. The molecular formula is C12H14N2O5. The molecule has 1 fully saturated rings. The summed E-state index contributed by atoms with van der Waals surface area (Å²) in [5, 5.41) is 9.21. The van der Waals surface area contributed by atoms with Crippen LogP contribution in [0.5, 0.6) is 0 Å². The van der Waals surface area contributed by atoms with Crippen molar-refractivity contribution in [2.45, 2.75) is 24.9 Å². The van der Waals surface area contributed by atoms with Crippen LogP contribution in [-0.2, 0) is 9.47 Å². The lowest BCUT2D eigenvalue weighted by molar-refractivity contribution is -0.0575. The molecule has 0 radical (unpaired) electrons. The van der Waals surface area contributed by atoms with E-state index in [1.54, 1.807) is 0 Å². The van der Waals surface area contributed by atoms with E-state index in [0.29, 0.717) is 6.42 Å². The van der Waals surface area contributed by atoms with E-state index >= 15 is 0 Å². The summed E-state index contributed by atoms with van der Waals surface area (Å²) in [5.74, 6) is 2.34. The molecule has 19 heavy (non-hydrogen) atoms. The van der Waals surface area contributed by atoms with Gasteiger partial charge in [-0.15, -0.1) is 6.42 Å². The molecule has 2 heterocycles. The van der Waals surface area contributed by atoms with Crippen LogP contribution in [0.3, 0.4) is 0 Å².